The van der Waals surface area contributed by atoms with Crippen molar-refractivity contribution in [2.24, 2.45) is 4.99 Å². The Morgan fingerprint density at radius 2 is 1.86 bits per heavy atom. The topological polar surface area (TPSA) is 67.5 Å². The number of pyridine rings is 1. The number of aromatic hydroxyl groups is 1. The number of hydrogen-bond donors (Lipinski definition) is 1. The Morgan fingerprint density at radius 1 is 1.10 bits per heavy atom. The molecule has 0 saturated carbocycles. The minimum absolute atomic E-state index is 0.100. The predicted octanol–water partition coefficient (Wildman–Crippen LogP) is 4.92. The molecule has 0 fully saturated rings. The second-order valence-electron chi connectivity index (χ2n) is 6.04. The summed E-state index contributed by atoms with van der Waals surface area (Å²) in [7, 11) is 0. The summed E-state index contributed by atoms with van der Waals surface area (Å²) in [5.41, 5.74) is -1.46. The molecule has 4 rings (SSSR count). The second-order valence-corrected chi connectivity index (χ2v) is 6.92. The molecule has 9 heteroatoms. The van der Waals surface area contributed by atoms with Crippen LogP contribution in [0.1, 0.15) is 11.1 Å². The standard InChI is InChI=1S/C20H12F3N3O2S/c21-20(22,23)12-4-3-5-13(10-12)26-17(27)15-7-2-1-6-14(15)16(18(26)28)11-25-19-24-8-9-29-19/h1-11,28H/b25-11+. The lowest BCUT2D eigenvalue weighted by molar-refractivity contribution is -0.137. The molecule has 2 heterocycles. The Bertz CT molecular complexity index is 1280. The predicted molar refractivity (Wildman–Crippen MR) is 106 cm³/mol. The van der Waals surface area contributed by atoms with Crippen LogP contribution in [0.3, 0.4) is 0 Å². The molecule has 0 radical (unpaired) electrons. The van der Waals surface area contributed by atoms with Crippen molar-refractivity contribution in [1.82, 2.24) is 9.55 Å². The molecule has 0 atom stereocenters. The SMILES string of the molecule is O=c1c2ccccc2c(/C=N/c2nccs2)c(O)n1-c1cccc(C(F)(F)F)c1. The van der Waals surface area contributed by atoms with Crippen LogP contribution < -0.4 is 5.56 Å². The van der Waals surface area contributed by atoms with Gasteiger partial charge in [-0.15, -0.1) is 11.3 Å². The van der Waals surface area contributed by atoms with Gasteiger partial charge in [0.15, 0.2) is 0 Å². The number of benzene rings is 2. The monoisotopic (exact) mass is 415 g/mol. The number of aliphatic imine (C=N–C) groups is 1. The van der Waals surface area contributed by atoms with Crippen LogP contribution in [0.25, 0.3) is 16.5 Å². The highest BCUT2D eigenvalue weighted by Gasteiger charge is 2.31. The van der Waals surface area contributed by atoms with Crippen molar-refractivity contribution in [3.05, 3.63) is 81.6 Å². The minimum Gasteiger partial charge on any atom is -0.494 e. The molecule has 2 aromatic heterocycles. The third kappa shape index (κ3) is 3.52. The van der Waals surface area contributed by atoms with Crippen molar-refractivity contribution in [2.45, 2.75) is 6.18 Å². The van der Waals surface area contributed by atoms with Crippen LogP contribution in [0.5, 0.6) is 5.88 Å². The van der Waals surface area contributed by atoms with E-state index in [-0.39, 0.29) is 16.6 Å². The van der Waals surface area contributed by atoms with E-state index in [0.717, 1.165) is 16.7 Å². The number of nitrogens with zero attached hydrogens (tertiary/aromatic N) is 3. The first kappa shape index (κ1) is 18.9. The largest absolute Gasteiger partial charge is 0.494 e. The molecular weight excluding hydrogens is 403 g/mol. The number of thiazole rings is 1. The van der Waals surface area contributed by atoms with Crippen molar-refractivity contribution in [2.75, 3.05) is 0 Å². The van der Waals surface area contributed by atoms with Gasteiger partial charge in [0.05, 0.1) is 16.8 Å². The zero-order chi connectivity index (χ0) is 20.6. The summed E-state index contributed by atoms with van der Waals surface area (Å²) in [5.74, 6) is -0.506. The molecule has 0 bridgehead atoms. The third-order valence-electron chi connectivity index (χ3n) is 4.26. The number of halogens is 3. The third-order valence-corrected chi connectivity index (χ3v) is 4.94. The van der Waals surface area contributed by atoms with Gasteiger partial charge in [0.1, 0.15) is 0 Å². The molecule has 29 heavy (non-hydrogen) atoms. The molecule has 0 unspecified atom stereocenters. The minimum atomic E-state index is -4.58. The van der Waals surface area contributed by atoms with Crippen LogP contribution in [-0.2, 0) is 6.18 Å². The Hall–Kier alpha value is -3.46. The maximum atomic E-state index is 13.1. The molecule has 0 aliphatic carbocycles. The molecule has 0 aliphatic heterocycles. The van der Waals surface area contributed by atoms with Gasteiger partial charge in [0, 0.05) is 28.6 Å². The van der Waals surface area contributed by atoms with Gasteiger partial charge in [-0.2, -0.15) is 13.2 Å². The second kappa shape index (κ2) is 7.17. The van der Waals surface area contributed by atoms with Crippen LogP contribution in [0.15, 0.2) is 69.9 Å². The summed E-state index contributed by atoms with van der Waals surface area (Å²) in [6.45, 7) is 0. The van der Waals surface area contributed by atoms with E-state index in [1.54, 1.807) is 35.8 Å². The highest BCUT2D eigenvalue weighted by atomic mass is 32.1. The maximum absolute atomic E-state index is 13.1. The van der Waals surface area contributed by atoms with Crippen LogP contribution in [0.4, 0.5) is 18.3 Å². The van der Waals surface area contributed by atoms with Gasteiger partial charge < -0.3 is 5.11 Å². The molecule has 4 aromatic rings. The zero-order valence-electron chi connectivity index (χ0n) is 14.6. The average molecular weight is 415 g/mol. The fourth-order valence-corrected chi connectivity index (χ4v) is 3.43. The van der Waals surface area contributed by atoms with E-state index in [9.17, 15) is 23.1 Å². The number of aromatic nitrogens is 2. The van der Waals surface area contributed by atoms with Crippen molar-refractivity contribution in [1.29, 1.82) is 0 Å². The molecule has 146 valence electrons. The smallest absolute Gasteiger partial charge is 0.416 e. The van der Waals surface area contributed by atoms with Crippen molar-refractivity contribution < 1.29 is 18.3 Å². The lowest BCUT2D eigenvalue weighted by Gasteiger charge is -2.15. The number of rotatable bonds is 3. The van der Waals surface area contributed by atoms with E-state index in [0.29, 0.717) is 10.5 Å². The molecule has 0 aliphatic rings. The molecule has 0 saturated heterocycles. The van der Waals surface area contributed by atoms with E-state index in [2.05, 4.69) is 9.98 Å². The summed E-state index contributed by atoms with van der Waals surface area (Å²) < 4.78 is 40.2. The Morgan fingerprint density at radius 3 is 2.55 bits per heavy atom. The van der Waals surface area contributed by atoms with E-state index >= 15 is 0 Å². The maximum Gasteiger partial charge on any atom is 0.416 e. The molecule has 2 aromatic carbocycles. The zero-order valence-corrected chi connectivity index (χ0v) is 15.4. The van der Waals surface area contributed by atoms with Crippen LogP contribution >= 0.6 is 11.3 Å². The van der Waals surface area contributed by atoms with Gasteiger partial charge in [0.25, 0.3) is 5.56 Å². The lowest BCUT2D eigenvalue weighted by Crippen LogP contribution is -2.20. The Balaban J connectivity index is 2.00. The van der Waals surface area contributed by atoms with Gasteiger partial charge in [-0.3, -0.25) is 4.79 Å². The first-order valence-electron chi connectivity index (χ1n) is 8.34. The van der Waals surface area contributed by atoms with Crippen LogP contribution in [0, 0.1) is 0 Å². The molecule has 1 N–H and O–H groups in total. The van der Waals surface area contributed by atoms with Gasteiger partial charge in [-0.25, -0.2) is 14.5 Å². The first-order chi connectivity index (χ1) is 13.9. The van der Waals surface area contributed by atoms with Gasteiger partial charge in [0.2, 0.25) is 11.0 Å². The summed E-state index contributed by atoms with van der Waals surface area (Å²) in [4.78, 5) is 21.2. The lowest BCUT2D eigenvalue weighted by atomic mass is 10.1. The number of hydrogen-bond acceptors (Lipinski definition) is 5. The molecule has 0 spiro atoms. The summed E-state index contributed by atoms with van der Waals surface area (Å²) in [5, 5.41) is 13.7. The number of fused-ring (bicyclic) bond motifs is 1. The highest BCUT2D eigenvalue weighted by Crippen LogP contribution is 2.32. The van der Waals surface area contributed by atoms with Crippen LogP contribution in [-0.4, -0.2) is 20.9 Å². The van der Waals surface area contributed by atoms with Crippen molar-refractivity contribution >= 4 is 33.5 Å². The molecule has 0 amide bonds. The van der Waals surface area contributed by atoms with Gasteiger partial charge in [-0.1, -0.05) is 24.3 Å². The number of alkyl halides is 3. The van der Waals surface area contributed by atoms with E-state index < -0.39 is 23.2 Å². The molecular formula is C20H12F3N3O2S. The quantitative estimate of drug-likeness (QED) is 0.483. The van der Waals surface area contributed by atoms with Gasteiger partial charge in [-0.05, 0) is 24.3 Å². The Kier molecular flexibility index (Phi) is 4.67. The van der Waals surface area contributed by atoms with Crippen molar-refractivity contribution in [3.8, 4) is 11.6 Å². The average Bonchev–Trinajstić information content (AvgIpc) is 3.21. The Labute approximate surface area is 166 Å². The first-order valence-corrected chi connectivity index (χ1v) is 9.22. The normalized spacial score (nSPS) is 12.1. The molecule has 5 nitrogen and oxygen atoms in total. The summed E-state index contributed by atoms with van der Waals surface area (Å²) in [6, 6.07) is 10.7. The van der Waals surface area contributed by atoms with E-state index in [1.165, 1.54) is 29.7 Å². The fourth-order valence-electron chi connectivity index (χ4n) is 2.95. The van der Waals surface area contributed by atoms with E-state index in [4.69, 9.17) is 0 Å². The van der Waals surface area contributed by atoms with Crippen molar-refractivity contribution in [3.63, 3.8) is 0 Å². The highest BCUT2D eigenvalue weighted by molar-refractivity contribution is 7.13. The van der Waals surface area contributed by atoms with Gasteiger partial charge >= 0.3 is 6.18 Å². The van der Waals surface area contributed by atoms with E-state index in [1.807, 2.05) is 0 Å². The summed E-state index contributed by atoms with van der Waals surface area (Å²) >= 11 is 1.28. The summed E-state index contributed by atoms with van der Waals surface area (Å²) in [6.07, 6.45) is -1.67. The van der Waals surface area contributed by atoms with Crippen LogP contribution in [0.2, 0.25) is 0 Å². The fraction of sp³-hybridized carbons (Fsp3) is 0.0500.